The monoisotopic (exact) mass is 213 g/mol. The molecule has 2 saturated carbocycles. The van der Waals surface area contributed by atoms with Crippen LogP contribution in [-0.4, -0.2) is 28.0 Å². The molecule has 5 heteroatoms. The fourth-order valence-electron chi connectivity index (χ4n) is 3.01. The van der Waals surface area contributed by atoms with E-state index in [-0.39, 0.29) is 16.6 Å². The highest BCUT2D eigenvalue weighted by Gasteiger charge is 2.49. The molecule has 2 rings (SSSR count). The largest absolute Gasteiger partial charge is 0.393 e. The molecule has 0 aromatic carbocycles. The minimum atomic E-state index is -0.719. The Morgan fingerprint density at radius 2 is 2.07 bits per heavy atom. The molecule has 0 aromatic rings. The van der Waals surface area contributed by atoms with E-state index in [2.05, 4.69) is 0 Å². The first-order valence-corrected chi connectivity index (χ1v) is 5.45. The van der Waals surface area contributed by atoms with Gasteiger partial charge < -0.3 is 5.11 Å². The quantitative estimate of drug-likeness (QED) is 0.515. The Hall–Kier alpha value is -0.970. The molecule has 2 aliphatic rings. The van der Waals surface area contributed by atoms with Gasteiger partial charge in [-0.1, -0.05) is 6.42 Å². The standard InChI is InChI=1S/C10H15NO4/c12-8-5-4-7(11(14)15)10-6(8)2-1-3-9(10)13/h6-7,9-10,13H,1-5H2. The molecule has 0 aliphatic heterocycles. The predicted molar refractivity (Wildman–Crippen MR) is 51.9 cm³/mol. The van der Waals surface area contributed by atoms with E-state index in [4.69, 9.17) is 0 Å². The summed E-state index contributed by atoms with van der Waals surface area (Å²) >= 11 is 0. The number of rotatable bonds is 1. The first-order valence-electron chi connectivity index (χ1n) is 5.45. The molecule has 5 nitrogen and oxygen atoms in total. The second-order valence-corrected chi connectivity index (χ2v) is 4.54. The van der Waals surface area contributed by atoms with Crippen molar-refractivity contribution < 1.29 is 14.8 Å². The van der Waals surface area contributed by atoms with Gasteiger partial charge >= 0.3 is 0 Å². The van der Waals surface area contributed by atoms with Gasteiger partial charge in [-0.15, -0.1) is 0 Å². The summed E-state index contributed by atoms with van der Waals surface area (Å²) in [5.74, 6) is -0.593. The van der Waals surface area contributed by atoms with Crippen molar-refractivity contribution >= 4 is 5.78 Å². The van der Waals surface area contributed by atoms with Crippen LogP contribution in [0.5, 0.6) is 0 Å². The molecular formula is C10H15NO4. The zero-order valence-corrected chi connectivity index (χ0v) is 8.46. The molecule has 0 spiro atoms. The third kappa shape index (κ3) is 1.76. The number of Topliss-reactive ketones (excluding diaryl/α,β-unsaturated/α-hetero) is 1. The van der Waals surface area contributed by atoms with E-state index in [9.17, 15) is 20.0 Å². The van der Waals surface area contributed by atoms with Gasteiger partial charge in [0.15, 0.2) is 0 Å². The Bertz CT molecular complexity index is 289. The van der Waals surface area contributed by atoms with E-state index in [0.29, 0.717) is 25.7 Å². The highest BCUT2D eigenvalue weighted by Crippen LogP contribution is 2.39. The van der Waals surface area contributed by atoms with Gasteiger partial charge in [-0.3, -0.25) is 14.9 Å². The molecule has 84 valence electrons. The van der Waals surface area contributed by atoms with Gasteiger partial charge in [-0.25, -0.2) is 0 Å². The van der Waals surface area contributed by atoms with E-state index in [0.717, 1.165) is 6.42 Å². The van der Waals surface area contributed by atoms with Crippen LogP contribution in [0.1, 0.15) is 32.1 Å². The molecule has 0 bridgehead atoms. The van der Waals surface area contributed by atoms with Crippen molar-refractivity contribution in [1.29, 1.82) is 0 Å². The van der Waals surface area contributed by atoms with Gasteiger partial charge in [0, 0.05) is 23.7 Å². The van der Waals surface area contributed by atoms with E-state index in [1.807, 2.05) is 0 Å². The summed E-state index contributed by atoms with van der Waals surface area (Å²) < 4.78 is 0. The summed E-state index contributed by atoms with van der Waals surface area (Å²) in [4.78, 5) is 22.1. The average Bonchev–Trinajstić information content (AvgIpc) is 2.19. The number of carbonyl (C=O) groups excluding carboxylic acids is 1. The van der Waals surface area contributed by atoms with Crippen molar-refractivity contribution in [3.05, 3.63) is 10.1 Å². The number of carbonyl (C=O) groups is 1. The zero-order valence-electron chi connectivity index (χ0n) is 8.46. The molecule has 4 atom stereocenters. The molecule has 0 heterocycles. The minimum Gasteiger partial charge on any atom is -0.393 e. The lowest BCUT2D eigenvalue weighted by Gasteiger charge is -2.38. The van der Waals surface area contributed by atoms with Crippen molar-refractivity contribution in [2.75, 3.05) is 0 Å². The molecule has 0 saturated heterocycles. The second kappa shape index (κ2) is 3.89. The Morgan fingerprint density at radius 1 is 1.33 bits per heavy atom. The number of nitrogens with zero attached hydrogens (tertiary/aromatic N) is 1. The zero-order chi connectivity index (χ0) is 11.0. The average molecular weight is 213 g/mol. The molecule has 0 amide bonds. The van der Waals surface area contributed by atoms with Crippen LogP contribution in [0.15, 0.2) is 0 Å². The molecule has 0 aromatic heterocycles. The summed E-state index contributed by atoms with van der Waals surface area (Å²) in [6.07, 6.45) is 2.05. The maximum Gasteiger partial charge on any atom is 0.219 e. The Balaban J connectivity index is 2.23. The highest BCUT2D eigenvalue weighted by atomic mass is 16.6. The van der Waals surface area contributed by atoms with Crippen molar-refractivity contribution in [2.24, 2.45) is 11.8 Å². The molecule has 0 radical (unpaired) electrons. The normalized spacial score (nSPS) is 41.0. The number of aliphatic hydroxyl groups excluding tert-OH is 1. The van der Waals surface area contributed by atoms with Gasteiger partial charge in [-0.05, 0) is 12.8 Å². The van der Waals surface area contributed by atoms with E-state index in [1.165, 1.54) is 0 Å². The smallest absolute Gasteiger partial charge is 0.219 e. The molecule has 2 aliphatic carbocycles. The summed E-state index contributed by atoms with van der Waals surface area (Å²) in [5.41, 5.74) is 0. The number of aliphatic hydroxyl groups is 1. The van der Waals surface area contributed by atoms with Gasteiger partial charge in [0.1, 0.15) is 5.78 Å². The van der Waals surface area contributed by atoms with Crippen molar-refractivity contribution in [3.63, 3.8) is 0 Å². The van der Waals surface area contributed by atoms with Gasteiger partial charge in [0.2, 0.25) is 6.04 Å². The topological polar surface area (TPSA) is 80.4 Å². The predicted octanol–water partition coefficient (Wildman–Crippen LogP) is 0.772. The van der Waals surface area contributed by atoms with Crippen LogP contribution in [0, 0.1) is 22.0 Å². The minimum absolute atomic E-state index is 0.108. The van der Waals surface area contributed by atoms with Crippen LogP contribution in [0.2, 0.25) is 0 Å². The number of nitro groups is 1. The Morgan fingerprint density at radius 3 is 2.73 bits per heavy atom. The Labute approximate surface area is 87.6 Å². The fourth-order valence-corrected chi connectivity index (χ4v) is 3.01. The molecule has 15 heavy (non-hydrogen) atoms. The first-order chi connectivity index (χ1) is 7.11. The number of hydrogen-bond acceptors (Lipinski definition) is 4. The summed E-state index contributed by atoms with van der Waals surface area (Å²) in [6, 6.07) is -0.719. The molecule has 2 fully saturated rings. The van der Waals surface area contributed by atoms with Gasteiger partial charge in [0.05, 0.1) is 12.0 Å². The van der Waals surface area contributed by atoms with Crippen LogP contribution >= 0.6 is 0 Å². The van der Waals surface area contributed by atoms with E-state index < -0.39 is 18.1 Å². The molecular weight excluding hydrogens is 198 g/mol. The third-order valence-corrected chi connectivity index (χ3v) is 3.74. The third-order valence-electron chi connectivity index (χ3n) is 3.74. The van der Waals surface area contributed by atoms with Crippen LogP contribution in [0.3, 0.4) is 0 Å². The van der Waals surface area contributed by atoms with Crippen molar-refractivity contribution in [2.45, 2.75) is 44.2 Å². The second-order valence-electron chi connectivity index (χ2n) is 4.54. The van der Waals surface area contributed by atoms with Crippen molar-refractivity contribution in [1.82, 2.24) is 0 Å². The van der Waals surface area contributed by atoms with Gasteiger partial charge in [-0.2, -0.15) is 0 Å². The van der Waals surface area contributed by atoms with Crippen LogP contribution in [0.4, 0.5) is 0 Å². The van der Waals surface area contributed by atoms with Gasteiger partial charge in [0.25, 0.3) is 0 Å². The molecule has 1 N–H and O–H groups in total. The summed E-state index contributed by atoms with van der Waals surface area (Å²) in [5, 5.41) is 20.6. The van der Waals surface area contributed by atoms with E-state index >= 15 is 0 Å². The summed E-state index contributed by atoms with van der Waals surface area (Å²) in [6.45, 7) is 0. The van der Waals surface area contributed by atoms with Crippen LogP contribution in [0.25, 0.3) is 0 Å². The number of hydrogen-bond donors (Lipinski definition) is 1. The molecule has 4 unspecified atom stereocenters. The maximum absolute atomic E-state index is 11.6. The van der Waals surface area contributed by atoms with E-state index in [1.54, 1.807) is 0 Å². The lowest BCUT2D eigenvalue weighted by molar-refractivity contribution is -0.539. The van der Waals surface area contributed by atoms with Crippen LogP contribution in [-0.2, 0) is 4.79 Å². The maximum atomic E-state index is 11.6. The first kappa shape index (κ1) is 10.5. The van der Waals surface area contributed by atoms with Crippen molar-refractivity contribution in [3.8, 4) is 0 Å². The van der Waals surface area contributed by atoms with Crippen LogP contribution < -0.4 is 0 Å². The highest BCUT2D eigenvalue weighted by molar-refractivity contribution is 5.82. The Kier molecular flexibility index (Phi) is 2.73. The summed E-state index contributed by atoms with van der Waals surface area (Å²) in [7, 11) is 0. The number of fused-ring (bicyclic) bond motifs is 1. The number of ketones is 1. The lowest BCUT2D eigenvalue weighted by atomic mass is 9.66. The fraction of sp³-hybridized carbons (Fsp3) is 0.900. The SMILES string of the molecule is O=C1CCC([N+](=O)[O-])C2C(O)CCCC12. The lowest BCUT2D eigenvalue weighted by Crippen LogP contribution is -2.50.